The van der Waals surface area contributed by atoms with Gasteiger partial charge in [-0.1, -0.05) is 6.92 Å². The fourth-order valence-electron chi connectivity index (χ4n) is 4.31. The molecule has 0 unspecified atom stereocenters. The molecule has 6 aromatic heterocycles. The van der Waals surface area contributed by atoms with Crippen molar-refractivity contribution in [1.82, 2.24) is 35.5 Å². The highest BCUT2D eigenvalue weighted by Gasteiger charge is 2.16. The molecule has 0 saturated heterocycles. The first kappa shape index (κ1) is 22.3. The number of nitrogens with zero attached hydrogens (tertiary/aromatic N) is 4. The molecule has 0 radical (unpaired) electrons. The van der Waals surface area contributed by atoms with Gasteiger partial charge < -0.3 is 10.3 Å². The average Bonchev–Trinajstić information content (AvgIpc) is 3.64. The molecule has 0 atom stereocenters. The van der Waals surface area contributed by atoms with Crippen LogP contribution >= 0.6 is 11.3 Å². The summed E-state index contributed by atoms with van der Waals surface area (Å²) >= 11 is 1.49. The predicted octanol–water partition coefficient (Wildman–Crippen LogP) is 5.60. The second kappa shape index (κ2) is 9.10. The third kappa shape index (κ3) is 3.98. The standard InChI is InChI=1S/C27H23N7OS/c1-3-28-11-16-8-17(13-29-12-16)21-10-20-23(14-31-21)33-34-26(20)22-9-19-18(6-7-30-27(19)32-22)25-5-4-24(36-25)15(2)35/h4-10,12-14,28H,3,11H2,1-2H3,(H,30,32)(H,33,34). The zero-order valence-electron chi connectivity index (χ0n) is 19.8. The molecule has 3 N–H and O–H groups in total. The molecule has 8 nitrogen and oxygen atoms in total. The van der Waals surface area contributed by atoms with Crippen LogP contribution in [0.25, 0.3) is 55.0 Å². The number of fused-ring (bicyclic) bond motifs is 2. The van der Waals surface area contributed by atoms with Crippen molar-refractivity contribution in [2.24, 2.45) is 0 Å². The molecule has 0 aromatic carbocycles. The normalized spacial score (nSPS) is 11.5. The summed E-state index contributed by atoms with van der Waals surface area (Å²) in [5.41, 5.74) is 7.21. The molecule has 6 aromatic rings. The van der Waals surface area contributed by atoms with E-state index in [9.17, 15) is 4.79 Å². The van der Waals surface area contributed by atoms with Crippen molar-refractivity contribution in [1.29, 1.82) is 0 Å². The van der Waals surface area contributed by atoms with Gasteiger partial charge in [-0.3, -0.25) is 19.9 Å². The number of nitrogens with one attached hydrogen (secondary N) is 3. The van der Waals surface area contributed by atoms with E-state index in [0.29, 0.717) is 0 Å². The highest BCUT2D eigenvalue weighted by molar-refractivity contribution is 7.17. The molecule has 178 valence electrons. The maximum Gasteiger partial charge on any atom is 0.169 e. The van der Waals surface area contributed by atoms with Crippen LogP contribution in [-0.2, 0) is 6.54 Å². The Balaban J connectivity index is 1.42. The largest absolute Gasteiger partial charge is 0.338 e. The molecule has 0 fully saturated rings. The zero-order chi connectivity index (χ0) is 24.6. The molecule has 36 heavy (non-hydrogen) atoms. The minimum atomic E-state index is 0.0704. The van der Waals surface area contributed by atoms with Crippen molar-refractivity contribution in [3.63, 3.8) is 0 Å². The maximum absolute atomic E-state index is 11.8. The van der Waals surface area contributed by atoms with Crippen LogP contribution in [0, 0.1) is 0 Å². The summed E-state index contributed by atoms with van der Waals surface area (Å²) in [7, 11) is 0. The minimum absolute atomic E-state index is 0.0704. The summed E-state index contributed by atoms with van der Waals surface area (Å²) in [5, 5.41) is 13.0. The van der Waals surface area contributed by atoms with Gasteiger partial charge in [-0.25, -0.2) is 4.98 Å². The van der Waals surface area contributed by atoms with Crippen molar-refractivity contribution in [3.8, 4) is 33.1 Å². The topological polar surface area (TPSA) is 112 Å². The first-order chi connectivity index (χ1) is 17.6. The van der Waals surface area contributed by atoms with E-state index in [2.05, 4.69) is 54.5 Å². The number of H-pyrrole nitrogens is 2. The van der Waals surface area contributed by atoms with E-state index < -0.39 is 0 Å². The van der Waals surface area contributed by atoms with E-state index in [1.54, 1.807) is 19.3 Å². The number of rotatable bonds is 7. The van der Waals surface area contributed by atoms with Gasteiger partial charge in [0.05, 0.1) is 28.0 Å². The van der Waals surface area contributed by atoms with Gasteiger partial charge in [-0.15, -0.1) is 11.3 Å². The lowest BCUT2D eigenvalue weighted by atomic mass is 10.1. The number of Topliss-reactive ketones (excluding diaryl/α,β-unsaturated/α-hetero) is 1. The Labute approximate surface area is 210 Å². The van der Waals surface area contributed by atoms with Crippen molar-refractivity contribution >= 4 is 39.1 Å². The summed E-state index contributed by atoms with van der Waals surface area (Å²) in [6.07, 6.45) is 7.29. The number of aromatic nitrogens is 6. The molecule has 9 heteroatoms. The molecule has 0 aliphatic heterocycles. The molecule has 0 bridgehead atoms. The Hall–Kier alpha value is -4.21. The van der Waals surface area contributed by atoms with Crippen LogP contribution in [0.4, 0.5) is 0 Å². The fourth-order valence-corrected chi connectivity index (χ4v) is 5.26. The Bertz CT molecular complexity index is 1730. The number of pyridine rings is 3. The number of ketones is 1. The molecule has 6 heterocycles. The predicted molar refractivity (Wildman–Crippen MR) is 143 cm³/mol. The molecule has 0 amide bonds. The first-order valence-corrected chi connectivity index (χ1v) is 12.5. The van der Waals surface area contributed by atoms with Crippen LogP contribution in [0.15, 0.2) is 61.2 Å². The Morgan fingerprint density at radius 1 is 1.06 bits per heavy atom. The third-order valence-corrected chi connectivity index (χ3v) is 7.34. The van der Waals surface area contributed by atoms with E-state index in [4.69, 9.17) is 0 Å². The Morgan fingerprint density at radius 3 is 2.81 bits per heavy atom. The first-order valence-electron chi connectivity index (χ1n) is 11.7. The van der Waals surface area contributed by atoms with E-state index in [1.165, 1.54) is 11.3 Å². The molecule has 0 aliphatic carbocycles. The lowest BCUT2D eigenvalue weighted by Crippen LogP contribution is -2.11. The lowest BCUT2D eigenvalue weighted by Gasteiger charge is -2.05. The fraction of sp³-hybridized carbons (Fsp3) is 0.148. The quantitative estimate of drug-likeness (QED) is 0.249. The van der Waals surface area contributed by atoms with Crippen LogP contribution in [0.2, 0.25) is 0 Å². The van der Waals surface area contributed by atoms with E-state index in [0.717, 1.165) is 78.6 Å². The SMILES string of the molecule is CCNCc1cncc(-c2cc3c(-c4cc5c(-c6ccc(C(C)=O)s6)ccnc5[nH]4)n[nH]c3cn2)c1. The van der Waals surface area contributed by atoms with Gasteiger partial charge in [-0.2, -0.15) is 5.10 Å². The lowest BCUT2D eigenvalue weighted by molar-refractivity contribution is 0.102. The summed E-state index contributed by atoms with van der Waals surface area (Å²) in [5.74, 6) is 0.0704. The summed E-state index contributed by atoms with van der Waals surface area (Å²) in [6.45, 7) is 5.34. The van der Waals surface area contributed by atoms with Gasteiger partial charge in [-0.05, 0) is 55.4 Å². The number of carbonyl (C=O) groups is 1. The second-order valence-electron chi connectivity index (χ2n) is 8.57. The number of carbonyl (C=O) groups excluding carboxylic acids is 1. The Kier molecular flexibility index (Phi) is 5.63. The zero-order valence-corrected chi connectivity index (χ0v) is 20.6. The average molecular weight is 494 g/mol. The number of hydrogen-bond acceptors (Lipinski definition) is 7. The second-order valence-corrected chi connectivity index (χ2v) is 9.66. The van der Waals surface area contributed by atoms with Gasteiger partial charge in [0.1, 0.15) is 11.3 Å². The van der Waals surface area contributed by atoms with Gasteiger partial charge >= 0.3 is 0 Å². The van der Waals surface area contributed by atoms with E-state index in [1.807, 2.05) is 36.7 Å². The molecule has 6 rings (SSSR count). The Morgan fingerprint density at radius 2 is 1.97 bits per heavy atom. The highest BCUT2D eigenvalue weighted by atomic mass is 32.1. The van der Waals surface area contributed by atoms with Gasteiger partial charge in [0, 0.05) is 51.9 Å². The molecular weight excluding hydrogens is 470 g/mol. The number of thiophene rings is 1. The summed E-state index contributed by atoms with van der Waals surface area (Å²) in [4.78, 5) is 30.6. The number of hydrogen-bond donors (Lipinski definition) is 3. The monoisotopic (exact) mass is 493 g/mol. The van der Waals surface area contributed by atoms with Crippen LogP contribution in [-0.4, -0.2) is 42.5 Å². The van der Waals surface area contributed by atoms with Gasteiger partial charge in [0.15, 0.2) is 5.78 Å². The molecule has 0 spiro atoms. The smallest absolute Gasteiger partial charge is 0.169 e. The van der Waals surface area contributed by atoms with Crippen molar-refractivity contribution in [3.05, 3.63) is 71.6 Å². The summed E-state index contributed by atoms with van der Waals surface area (Å²) in [6, 6.07) is 12.1. The van der Waals surface area contributed by atoms with Gasteiger partial charge in [0.25, 0.3) is 0 Å². The van der Waals surface area contributed by atoms with Crippen LogP contribution in [0.3, 0.4) is 0 Å². The van der Waals surface area contributed by atoms with E-state index in [-0.39, 0.29) is 5.78 Å². The van der Waals surface area contributed by atoms with Crippen molar-refractivity contribution < 1.29 is 4.79 Å². The van der Waals surface area contributed by atoms with Crippen LogP contribution in [0.1, 0.15) is 29.1 Å². The maximum atomic E-state index is 11.8. The van der Waals surface area contributed by atoms with E-state index >= 15 is 0 Å². The van der Waals surface area contributed by atoms with Crippen molar-refractivity contribution in [2.45, 2.75) is 20.4 Å². The highest BCUT2D eigenvalue weighted by Crippen LogP contribution is 2.36. The molecule has 0 saturated carbocycles. The molecule has 0 aliphatic rings. The van der Waals surface area contributed by atoms with Crippen molar-refractivity contribution in [2.75, 3.05) is 6.54 Å². The molecular formula is C27H23N7OS. The van der Waals surface area contributed by atoms with Crippen LogP contribution < -0.4 is 5.32 Å². The van der Waals surface area contributed by atoms with Gasteiger partial charge in [0.2, 0.25) is 0 Å². The number of aromatic amines is 2. The van der Waals surface area contributed by atoms with Crippen LogP contribution in [0.5, 0.6) is 0 Å². The minimum Gasteiger partial charge on any atom is -0.338 e. The summed E-state index contributed by atoms with van der Waals surface area (Å²) < 4.78 is 0. The third-order valence-electron chi connectivity index (χ3n) is 6.12.